The van der Waals surface area contributed by atoms with Crippen molar-refractivity contribution in [3.05, 3.63) is 51.9 Å². The van der Waals surface area contributed by atoms with Gasteiger partial charge in [-0.25, -0.2) is 4.98 Å². The summed E-state index contributed by atoms with van der Waals surface area (Å²) in [6.45, 7) is 1.62. The van der Waals surface area contributed by atoms with Gasteiger partial charge >= 0.3 is 23.9 Å². The number of Topliss-reactive ketones (excluding diaryl/α,β-unsaturated/α-hetero) is 2. The van der Waals surface area contributed by atoms with E-state index in [4.69, 9.17) is 28.2 Å². The number of hydrogen-bond donors (Lipinski definition) is 9. The minimum absolute atomic E-state index is 0.106. The number of aryl methyl sites for hydroxylation is 3. The standard InChI is InChI=1S/C31H35ClN6O12/c1-13-36-26-23(28(46)37-13)16(12-35-26)5-3-14-2-4-15(10-17(14)32)27(45)38-20(7-9-22(41)42)25(44)31(30(49)50,11-19(34)29(47)48)24(43)18(33)6-8-21(39)40/h2,4,10,12,18-20H,3,5-9,11,33-34H2,1H3,(H,38,45)(H,39,40)(H,41,42)(H,47,48)(H,49,50)(H2,35,36,37,46)/t18-,19-,20-,31?/m0/s1. The summed E-state index contributed by atoms with van der Waals surface area (Å²) in [4.78, 5) is 98.8. The third kappa shape index (κ3) is 8.95. The van der Waals surface area contributed by atoms with E-state index in [1.54, 1.807) is 13.1 Å². The lowest BCUT2D eigenvalue weighted by Gasteiger charge is -2.33. The average molecular weight is 719 g/mol. The normalized spacial score (nSPS) is 14.2. The fraction of sp³-hybridized carbons (Fsp3) is 0.387. The molecule has 2 aromatic heterocycles. The smallest absolute Gasteiger partial charge is 0.325 e. The van der Waals surface area contributed by atoms with Gasteiger partial charge in [0.05, 0.1) is 17.5 Å². The van der Waals surface area contributed by atoms with Gasteiger partial charge in [-0.1, -0.05) is 17.7 Å². The molecule has 0 saturated carbocycles. The monoisotopic (exact) mass is 718 g/mol. The highest BCUT2D eigenvalue weighted by molar-refractivity contribution is 6.31. The summed E-state index contributed by atoms with van der Waals surface area (Å²) in [7, 11) is 0. The number of nitrogens with one attached hydrogen (secondary N) is 2. The molecule has 1 amide bonds. The second-order valence-electron chi connectivity index (χ2n) is 11.5. The summed E-state index contributed by atoms with van der Waals surface area (Å²) < 4.78 is 0. The van der Waals surface area contributed by atoms with Gasteiger partial charge in [0, 0.05) is 36.0 Å². The van der Waals surface area contributed by atoms with Crippen LogP contribution >= 0.6 is 11.6 Å². The fourth-order valence-electron chi connectivity index (χ4n) is 5.38. The number of aromatic hydroxyl groups is 1. The number of carboxylic acid groups (broad SMARTS) is 4. The van der Waals surface area contributed by atoms with Crippen molar-refractivity contribution in [1.29, 1.82) is 0 Å². The highest BCUT2D eigenvalue weighted by Crippen LogP contribution is 2.32. The SMILES string of the molecule is Cc1nc(O)c2c(CCc3ccc(C(=O)N[C@@H](CCC(=O)O)C(=O)C(C[C@H](N)C(=O)O)(C(=O)O)C(=O)[C@@H](N)CCC(=O)O)cc3Cl)c[nH]c2n1. The molecule has 19 heteroatoms. The predicted molar refractivity (Wildman–Crippen MR) is 172 cm³/mol. The number of aliphatic carboxylic acids is 4. The Labute approximate surface area is 287 Å². The minimum atomic E-state index is -3.31. The van der Waals surface area contributed by atoms with E-state index < -0.39 is 97.0 Å². The first kappa shape index (κ1) is 39.0. The predicted octanol–water partition coefficient (Wildman–Crippen LogP) is 0.577. The minimum Gasteiger partial charge on any atom is -0.493 e. The van der Waals surface area contributed by atoms with Crippen LogP contribution in [0, 0.1) is 12.3 Å². The highest BCUT2D eigenvalue weighted by Gasteiger charge is 2.57. The first-order valence-corrected chi connectivity index (χ1v) is 15.4. The number of ketones is 2. The van der Waals surface area contributed by atoms with Crippen LogP contribution in [0.1, 0.15) is 59.4 Å². The van der Waals surface area contributed by atoms with Crippen LogP contribution in [0.3, 0.4) is 0 Å². The second-order valence-corrected chi connectivity index (χ2v) is 11.9. The number of nitrogens with zero attached hydrogens (tertiary/aromatic N) is 2. The molecule has 0 fully saturated rings. The largest absolute Gasteiger partial charge is 0.493 e. The van der Waals surface area contributed by atoms with E-state index in [1.165, 1.54) is 18.2 Å². The van der Waals surface area contributed by atoms with Gasteiger partial charge in [-0.05, 0) is 55.9 Å². The number of halogens is 1. The van der Waals surface area contributed by atoms with Crippen molar-refractivity contribution in [2.75, 3.05) is 0 Å². The Bertz CT molecular complexity index is 1850. The molecule has 2 heterocycles. The van der Waals surface area contributed by atoms with E-state index in [1.807, 2.05) is 0 Å². The molecule has 3 aromatic rings. The van der Waals surface area contributed by atoms with E-state index in [0.29, 0.717) is 40.8 Å². The van der Waals surface area contributed by atoms with Crippen LogP contribution in [0.5, 0.6) is 5.88 Å². The number of hydrogen-bond acceptors (Lipinski definition) is 12. The molecule has 0 radical (unpaired) electrons. The number of carboxylic acids is 4. The summed E-state index contributed by atoms with van der Waals surface area (Å²) in [5, 5.41) is 51.0. The zero-order valence-electron chi connectivity index (χ0n) is 26.5. The quantitative estimate of drug-likeness (QED) is 0.0765. The Balaban J connectivity index is 1.93. The molecule has 0 aliphatic carbocycles. The van der Waals surface area contributed by atoms with E-state index >= 15 is 0 Å². The third-order valence-corrected chi connectivity index (χ3v) is 8.36. The molecule has 268 valence electrons. The maximum Gasteiger partial charge on any atom is 0.325 e. The van der Waals surface area contributed by atoms with Crippen LogP contribution in [0.4, 0.5) is 0 Å². The Kier molecular flexibility index (Phi) is 12.7. The molecule has 0 saturated heterocycles. The number of amides is 1. The van der Waals surface area contributed by atoms with Crippen molar-refractivity contribution in [2.24, 2.45) is 16.9 Å². The molecule has 3 rings (SSSR count). The van der Waals surface area contributed by atoms with Crippen molar-refractivity contribution in [3.63, 3.8) is 0 Å². The first-order chi connectivity index (χ1) is 23.4. The van der Waals surface area contributed by atoms with Crippen molar-refractivity contribution < 1.29 is 59.1 Å². The maximum absolute atomic E-state index is 14.0. The summed E-state index contributed by atoms with van der Waals surface area (Å²) >= 11 is 6.46. The van der Waals surface area contributed by atoms with E-state index in [-0.39, 0.29) is 16.5 Å². The molecule has 1 unspecified atom stereocenters. The number of rotatable bonds is 19. The van der Waals surface area contributed by atoms with Crippen molar-refractivity contribution >= 4 is 64.0 Å². The fourth-order valence-corrected chi connectivity index (χ4v) is 5.66. The molecule has 0 aliphatic rings. The lowest BCUT2D eigenvalue weighted by molar-refractivity contribution is -0.162. The van der Waals surface area contributed by atoms with Crippen LogP contribution < -0.4 is 16.8 Å². The van der Waals surface area contributed by atoms with Gasteiger partial charge in [-0.15, -0.1) is 0 Å². The molecular weight excluding hydrogens is 684 g/mol. The molecule has 0 spiro atoms. The molecule has 0 bridgehead atoms. The number of carbonyl (C=O) groups is 7. The van der Waals surface area contributed by atoms with Crippen LogP contribution in [0.15, 0.2) is 24.4 Å². The highest BCUT2D eigenvalue weighted by atomic mass is 35.5. The number of carbonyl (C=O) groups excluding carboxylic acids is 3. The Morgan fingerprint density at radius 1 is 0.900 bits per heavy atom. The summed E-state index contributed by atoms with van der Waals surface area (Å²) in [6.07, 6.45) is -1.86. The summed E-state index contributed by atoms with van der Waals surface area (Å²) in [5.74, 6) is -10.9. The molecule has 11 N–H and O–H groups in total. The number of fused-ring (bicyclic) bond motifs is 1. The van der Waals surface area contributed by atoms with Gasteiger partial charge in [-0.3, -0.25) is 33.6 Å². The molecule has 18 nitrogen and oxygen atoms in total. The Hall–Kier alpha value is -5.46. The molecule has 0 aliphatic heterocycles. The van der Waals surface area contributed by atoms with E-state index in [2.05, 4.69) is 20.3 Å². The molecular formula is C31H35ClN6O12. The Morgan fingerprint density at radius 3 is 2.10 bits per heavy atom. The number of aromatic nitrogens is 3. The van der Waals surface area contributed by atoms with Crippen molar-refractivity contribution in [3.8, 4) is 5.88 Å². The van der Waals surface area contributed by atoms with Crippen LogP contribution in [0.25, 0.3) is 11.0 Å². The Morgan fingerprint density at radius 2 is 1.52 bits per heavy atom. The van der Waals surface area contributed by atoms with Crippen LogP contribution in [-0.4, -0.2) is 100.0 Å². The van der Waals surface area contributed by atoms with Gasteiger partial charge in [0.25, 0.3) is 5.91 Å². The van der Waals surface area contributed by atoms with Gasteiger partial charge in [0.15, 0.2) is 17.0 Å². The van der Waals surface area contributed by atoms with E-state index in [9.17, 15) is 54.0 Å². The van der Waals surface area contributed by atoms with Crippen molar-refractivity contribution in [1.82, 2.24) is 20.3 Å². The third-order valence-electron chi connectivity index (χ3n) is 8.01. The van der Waals surface area contributed by atoms with E-state index in [0.717, 1.165) is 0 Å². The van der Waals surface area contributed by atoms with Crippen LogP contribution in [0.2, 0.25) is 5.02 Å². The van der Waals surface area contributed by atoms with Gasteiger partial charge in [0.1, 0.15) is 17.5 Å². The van der Waals surface area contributed by atoms with Gasteiger partial charge in [-0.2, -0.15) is 4.98 Å². The number of H-pyrrole nitrogens is 1. The lowest BCUT2D eigenvalue weighted by atomic mass is 9.69. The van der Waals surface area contributed by atoms with Crippen molar-refractivity contribution in [2.45, 2.75) is 70.0 Å². The molecule has 1 aromatic carbocycles. The maximum atomic E-state index is 14.0. The molecule has 4 atom stereocenters. The number of nitrogens with two attached hydrogens (primary N) is 2. The first-order valence-electron chi connectivity index (χ1n) is 15.0. The zero-order chi connectivity index (χ0) is 37.5. The summed E-state index contributed by atoms with van der Waals surface area (Å²) in [6, 6.07) is -1.94. The number of benzene rings is 1. The van der Waals surface area contributed by atoms with Crippen LogP contribution in [-0.2, 0) is 41.6 Å². The second kappa shape index (κ2) is 16.3. The lowest BCUT2D eigenvalue weighted by Crippen LogP contribution is -2.61. The molecule has 50 heavy (non-hydrogen) atoms. The number of aromatic amines is 1. The summed E-state index contributed by atoms with van der Waals surface area (Å²) in [5.41, 5.74) is 9.59. The van der Waals surface area contributed by atoms with Gasteiger partial charge < -0.3 is 47.3 Å². The topological polar surface area (TPSA) is 326 Å². The van der Waals surface area contributed by atoms with Gasteiger partial charge in [0.2, 0.25) is 5.88 Å². The average Bonchev–Trinajstić information content (AvgIpc) is 3.45. The zero-order valence-corrected chi connectivity index (χ0v) is 27.3.